The maximum Gasteiger partial charge on any atom is 0.335 e. The van der Waals surface area contributed by atoms with E-state index < -0.39 is 31.3 Å². The van der Waals surface area contributed by atoms with Crippen molar-refractivity contribution in [3.63, 3.8) is 0 Å². The van der Waals surface area contributed by atoms with Crippen LogP contribution in [-0.4, -0.2) is 34.8 Å². The standard InChI is InChI=1S/C14H19F4IO2/c15-13(16)7-20-11(21-8-14(13,17)18)10-4-9-2-1-3-12(19,5-9)6-10/h9-11H,1-8H2. The highest BCUT2D eigenvalue weighted by molar-refractivity contribution is 14.1. The number of hydrogen-bond acceptors (Lipinski definition) is 2. The lowest BCUT2D eigenvalue weighted by Crippen LogP contribution is -2.45. The molecule has 3 fully saturated rings. The molecule has 2 aliphatic carbocycles. The predicted molar refractivity (Wildman–Crippen MR) is 77.0 cm³/mol. The number of hydrogen-bond donors (Lipinski definition) is 0. The van der Waals surface area contributed by atoms with Crippen LogP contribution in [0.4, 0.5) is 17.6 Å². The lowest BCUT2D eigenvalue weighted by molar-refractivity contribution is -0.222. The van der Waals surface area contributed by atoms with Gasteiger partial charge in [0.25, 0.3) is 0 Å². The van der Waals surface area contributed by atoms with Crippen LogP contribution in [0, 0.1) is 11.8 Å². The van der Waals surface area contributed by atoms with Crippen molar-refractivity contribution in [3.8, 4) is 0 Å². The summed E-state index contributed by atoms with van der Waals surface area (Å²) < 4.78 is 63.6. The summed E-state index contributed by atoms with van der Waals surface area (Å²) in [4.78, 5) is 0. The topological polar surface area (TPSA) is 18.5 Å². The summed E-state index contributed by atoms with van der Waals surface area (Å²) in [6, 6.07) is 0. The zero-order valence-corrected chi connectivity index (χ0v) is 13.8. The molecule has 0 radical (unpaired) electrons. The van der Waals surface area contributed by atoms with Crippen LogP contribution in [-0.2, 0) is 9.47 Å². The van der Waals surface area contributed by atoms with Crippen molar-refractivity contribution in [1.29, 1.82) is 0 Å². The fourth-order valence-electron chi connectivity index (χ4n) is 3.91. The number of rotatable bonds is 1. The zero-order chi connectivity index (χ0) is 15.3. The monoisotopic (exact) mass is 422 g/mol. The Bertz CT molecular complexity index is 388. The Labute approximate surface area is 135 Å². The summed E-state index contributed by atoms with van der Waals surface area (Å²) in [7, 11) is 0. The average molecular weight is 422 g/mol. The summed E-state index contributed by atoms with van der Waals surface area (Å²) in [5.41, 5.74) is 0. The van der Waals surface area contributed by atoms with Crippen LogP contribution in [0.2, 0.25) is 0 Å². The van der Waals surface area contributed by atoms with Gasteiger partial charge in [-0.3, -0.25) is 0 Å². The molecule has 2 nitrogen and oxygen atoms in total. The van der Waals surface area contributed by atoms with Gasteiger partial charge in [-0.25, -0.2) is 0 Å². The van der Waals surface area contributed by atoms with Gasteiger partial charge in [-0.15, -0.1) is 0 Å². The molecule has 1 heterocycles. The van der Waals surface area contributed by atoms with E-state index in [4.69, 9.17) is 9.47 Å². The van der Waals surface area contributed by atoms with Crippen LogP contribution >= 0.6 is 22.6 Å². The van der Waals surface area contributed by atoms with Crippen molar-refractivity contribution in [1.82, 2.24) is 0 Å². The third kappa shape index (κ3) is 3.20. The van der Waals surface area contributed by atoms with Crippen molar-refractivity contribution < 1.29 is 27.0 Å². The minimum atomic E-state index is -4.16. The second-order valence-electron chi connectivity index (χ2n) is 6.71. The van der Waals surface area contributed by atoms with Crippen LogP contribution in [0.1, 0.15) is 38.5 Å². The number of halogens is 5. The van der Waals surface area contributed by atoms with E-state index >= 15 is 0 Å². The fraction of sp³-hybridized carbons (Fsp3) is 1.00. The average Bonchev–Trinajstić information content (AvgIpc) is 2.46. The van der Waals surface area contributed by atoms with E-state index in [1.807, 2.05) is 0 Å². The van der Waals surface area contributed by atoms with Crippen molar-refractivity contribution in [3.05, 3.63) is 0 Å². The van der Waals surface area contributed by atoms with Crippen LogP contribution < -0.4 is 0 Å². The minimum Gasteiger partial charge on any atom is -0.346 e. The Morgan fingerprint density at radius 2 is 1.57 bits per heavy atom. The van der Waals surface area contributed by atoms with E-state index in [1.54, 1.807) is 0 Å². The molecule has 3 atom stereocenters. The molecule has 0 aromatic rings. The third-order valence-electron chi connectivity index (χ3n) is 4.93. The smallest absolute Gasteiger partial charge is 0.335 e. The van der Waals surface area contributed by atoms with Crippen molar-refractivity contribution >= 4 is 22.6 Å². The first kappa shape index (κ1) is 16.2. The summed E-state index contributed by atoms with van der Waals surface area (Å²) in [5.74, 6) is -7.85. The van der Waals surface area contributed by atoms with E-state index in [2.05, 4.69) is 22.6 Å². The first-order valence-corrected chi connectivity index (χ1v) is 8.46. The first-order chi connectivity index (χ1) is 9.71. The molecule has 0 N–H and O–H groups in total. The quantitative estimate of drug-likeness (QED) is 0.354. The SMILES string of the molecule is FC1(F)COC(C2CC3CCCC(I)(C3)C2)OCC1(F)F. The second kappa shape index (κ2) is 5.47. The summed E-state index contributed by atoms with van der Waals surface area (Å²) in [5, 5.41) is 0. The van der Waals surface area contributed by atoms with Crippen molar-refractivity contribution in [2.24, 2.45) is 11.8 Å². The minimum absolute atomic E-state index is 0.0642. The number of ether oxygens (including phenoxy) is 2. The Balaban J connectivity index is 1.70. The molecule has 3 rings (SSSR count). The molecule has 3 aliphatic rings. The van der Waals surface area contributed by atoms with Gasteiger partial charge < -0.3 is 9.47 Å². The van der Waals surface area contributed by atoms with Gasteiger partial charge in [-0.2, -0.15) is 17.6 Å². The molecular formula is C14H19F4IO2. The van der Waals surface area contributed by atoms with Gasteiger partial charge in [-0.1, -0.05) is 35.4 Å². The van der Waals surface area contributed by atoms with Crippen LogP contribution in [0.15, 0.2) is 0 Å². The number of fused-ring (bicyclic) bond motifs is 2. The van der Waals surface area contributed by atoms with E-state index in [0.717, 1.165) is 32.1 Å². The Kier molecular flexibility index (Phi) is 4.23. The zero-order valence-electron chi connectivity index (χ0n) is 11.6. The Morgan fingerprint density at radius 3 is 2.14 bits per heavy atom. The maximum atomic E-state index is 13.3. The summed E-state index contributed by atoms with van der Waals surface area (Å²) in [6.07, 6.45) is 5.23. The normalized spacial score (nSPS) is 43.3. The molecule has 21 heavy (non-hydrogen) atoms. The van der Waals surface area contributed by atoms with Crippen LogP contribution in [0.3, 0.4) is 0 Å². The predicted octanol–water partition coefficient (Wildman–Crippen LogP) is 4.40. The molecule has 1 saturated heterocycles. The highest BCUT2D eigenvalue weighted by Crippen LogP contribution is 2.52. The van der Waals surface area contributed by atoms with Gasteiger partial charge in [-0.05, 0) is 31.6 Å². The number of alkyl halides is 5. The lowest BCUT2D eigenvalue weighted by atomic mass is 9.68. The van der Waals surface area contributed by atoms with Crippen molar-refractivity contribution in [2.45, 2.75) is 60.1 Å². The van der Waals surface area contributed by atoms with Crippen LogP contribution in [0.5, 0.6) is 0 Å². The molecule has 3 unspecified atom stereocenters. The maximum absolute atomic E-state index is 13.3. The van der Waals surface area contributed by atoms with Gasteiger partial charge >= 0.3 is 11.8 Å². The summed E-state index contributed by atoms with van der Waals surface area (Å²) >= 11 is 2.45. The van der Waals surface area contributed by atoms with E-state index in [-0.39, 0.29) is 9.34 Å². The molecule has 0 aromatic heterocycles. The molecule has 0 aromatic carbocycles. The molecule has 2 bridgehead atoms. The molecule has 0 spiro atoms. The van der Waals surface area contributed by atoms with E-state index in [0.29, 0.717) is 5.92 Å². The largest absolute Gasteiger partial charge is 0.346 e. The molecule has 1 aliphatic heterocycles. The molecular weight excluding hydrogens is 403 g/mol. The second-order valence-corrected chi connectivity index (χ2v) is 9.00. The molecule has 7 heteroatoms. The molecule has 122 valence electrons. The lowest BCUT2D eigenvalue weighted by Gasteiger charge is -2.46. The highest BCUT2D eigenvalue weighted by atomic mass is 127. The van der Waals surface area contributed by atoms with Crippen molar-refractivity contribution in [2.75, 3.05) is 13.2 Å². The Hall–Kier alpha value is 0.370. The fourth-order valence-corrected chi connectivity index (χ4v) is 5.48. The van der Waals surface area contributed by atoms with E-state index in [9.17, 15) is 17.6 Å². The molecule has 0 amide bonds. The first-order valence-electron chi connectivity index (χ1n) is 7.39. The van der Waals surface area contributed by atoms with Gasteiger partial charge in [0, 0.05) is 9.34 Å². The van der Waals surface area contributed by atoms with E-state index in [1.165, 1.54) is 6.42 Å². The van der Waals surface area contributed by atoms with Gasteiger partial charge in [0.2, 0.25) is 0 Å². The molecule has 2 saturated carbocycles. The summed E-state index contributed by atoms with van der Waals surface area (Å²) in [6.45, 7) is -2.53. The highest BCUT2D eigenvalue weighted by Gasteiger charge is 2.59. The van der Waals surface area contributed by atoms with Gasteiger partial charge in [0.1, 0.15) is 13.2 Å². The van der Waals surface area contributed by atoms with Gasteiger partial charge in [0.15, 0.2) is 6.29 Å². The third-order valence-corrected chi connectivity index (χ3v) is 6.35. The Morgan fingerprint density at radius 1 is 0.952 bits per heavy atom. The van der Waals surface area contributed by atoms with Crippen LogP contribution in [0.25, 0.3) is 0 Å². The van der Waals surface area contributed by atoms with Gasteiger partial charge in [0.05, 0.1) is 0 Å².